The number of hydrogen-bond acceptors (Lipinski definition) is 3. The van der Waals surface area contributed by atoms with Crippen LogP contribution in [-0.4, -0.2) is 47.0 Å². The zero-order valence-electron chi connectivity index (χ0n) is 19.0. The number of urea groups is 1. The molecule has 0 atom stereocenters. The number of rotatable bonds is 3. The zero-order chi connectivity index (χ0) is 23.4. The van der Waals surface area contributed by atoms with Crippen LogP contribution in [0, 0.1) is 17.3 Å². The molecular weight excluding hydrogens is 444 g/mol. The Morgan fingerprint density at radius 1 is 1.03 bits per heavy atom. The minimum atomic E-state index is -0.0317. The summed E-state index contributed by atoms with van der Waals surface area (Å²) >= 11 is 6.22. The molecule has 6 heteroatoms. The van der Waals surface area contributed by atoms with Crippen LogP contribution in [0.2, 0.25) is 5.02 Å². The van der Waals surface area contributed by atoms with E-state index in [0.717, 1.165) is 62.4 Å². The lowest BCUT2D eigenvalue weighted by molar-refractivity contribution is -0.0200. The standard InChI is InChI=1S/C28H27ClN4O/c29-26-9-2-1-7-24(26)11-10-22-5-3-6-23(17-22)19-32-15-12-28(13-16-32)20-33(21-28)27(34)31-25-8-4-14-30-18-25/h1-9,14,17-18H,12-13,15-16,19-21H2,(H,31,34). The van der Waals surface area contributed by atoms with Gasteiger partial charge in [0.1, 0.15) is 0 Å². The van der Waals surface area contributed by atoms with Crippen LogP contribution in [0.25, 0.3) is 0 Å². The first-order valence-corrected chi connectivity index (χ1v) is 12.0. The Morgan fingerprint density at radius 2 is 1.85 bits per heavy atom. The van der Waals surface area contributed by atoms with Crippen LogP contribution < -0.4 is 5.32 Å². The van der Waals surface area contributed by atoms with Crippen LogP contribution in [0.3, 0.4) is 0 Å². The molecule has 5 rings (SSSR count). The van der Waals surface area contributed by atoms with E-state index in [1.54, 1.807) is 12.4 Å². The van der Waals surface area contributed by atoms with E-state index in [2.05, 4.69) is 45.2 Å². The van der Waals surface area contributed by atoms with E-state index in [-0.39, 0.29) is 11.4 Å². The number of nitrogens with zero attached hydrogens (tertiary/aromatic N) is 3. The van der Waals surface area contributed by atoms with Crippen LogP contribution in [0.1, 0.15) is 29.5 Å². The molecular formula is C28H27ClN4O. The van der Waals surface area contributed by atoms with Gasteiger partial charge >= 0.3 is 6.03 Å². The van der Waals surface area contributed by atoms with Gasteiger partial charge in [0.05, 0.1) is 16.9 Å². The fourth-order valence-electron chi connectivity index (χ4n) is 4.76. The van der Waals surface area contributed by atoms with Crippen molar-refractivity contribution in [2.24, 2.45) is 5.41 Å². The lowest BCUT2D eigenvalue weighted by atomic mass is 9.72. The van der Waals surface area contributed by atoms with Gasteiger partial charge in [-0.1, -0.05) is 47.7 Å². The summed E-state index contributed by atoms with van der Waals surface area (Å²) in [5, 5.41) is 3.61. The molecule has 0 bridgehead atoms. The van der Waals surface area contributed by atoms with Crippen molar-refractivity contribution in [3.05, 3.63) is 94.8 Å². The van der Waals surface area contributed by atoms with E-state index >= 15 is 0 Å². The molecule has 2 fully saturated rings. The highest BCUT2D eigenvalue weighted by Crippen LogP contribution is 2.40. The molecule has 2 aliphatic rings. The summed E-state index contributed by atoms with van der Waals surface area (Å²) in [6.07, 6.45) is 5.61. The van der Waals surface area contributed by atoms with Gasteiger partial charge in [-0.05, 0) is 67.9 Å². The van der Waals surface area contributed by atoms with Crippen molar-refractivity contribution < 1.29 is 4.79 Å². The van der Waals surface area contributed by atoms with Gasteiger partial charge in [0.15, 0.2) is 0 Å². The molecule has 172 valence electrons. The Kier molecular flexibility index (Phi) is 6.53. The number of anilines is 1. The predicted molar refractivity (Wildman–Crippen MR) is 136 cm³/mol. The topological polar surface area (TPSA) is 48.5 Å². The normalized spacial score (nSPS) is 16.9. The molecule has 2 aromatic carbocycles. The van der Waals surface area contributed by atoms with Gasteiger partial charge in [0, 0.05) is 42.4 Å². The number of carbonyl (C=O) groups excluding carboxylic acids is 1. The second-order valence-electron chi connectivity index (χ2n) is 9.23. The molecule has 1 aromatic heterocycles. The quantitative estimate of drug-likeness (QED) is 0.531. The van der Waals surface area contributed by atoms with Gasteiger partial charge in [-0.15, -0.1) is 0 Å². The van der Waals surface area contributed by atoms with Crippen LogP contribution >= 0.6 is 11.6 Å². The highest BCUT2D eigenvalue weighted by molar-refractivity contribution is 6.31. The first-order valence-electron chi connectivity index (χ1n) is 11.6. The summed E-state index contributed by atoms with van der Waals surface area (Å²) in [6, 6.07) is 19.8. The van der Waals surface area contributed by atoms with Crippen molar-refractivity contribution in [2.45, 2.75) is 19.4 Å². The number of hydrogen-bond donors (Lipinski definition) is 1. The largest absolute Gasteiger partial charge is 0.323 e. The fraction of sp³-hybridized carbons (Fsp3) is 0.286. The molecule has 2 saturated heterocycles. The van der Waals surface area contributed by atoms with Crippen LogP contribution in [-0.2, 0) is 6.54 Å². The summed E-state index contributed by atoms with van der Waals surface area (Å²) in [7, 11) is 0. The number of likely N-dealkylation sites (tertiary alicyclic amines) is 2. The van der Waals surface area contributed by atoms with Gasteiger partial charge in [0.25, 0.3) is 0 Å². The minimum absolute atomic E-state index is 0.0317. The highest BCUT2D eigenvalue weighted by Gasteiger charge is 2.46. The van der Waals surface area contributed by atoms with Crippen molar-refractivity contribution >= 4 is 23.3 Å². The molecule has 1 N–H and O–H groups in total. The molecule has 0 radical (unpaired) electrons. The van der Waals surface area contributed by atoms with Gasteiger partial charge in [-0.3, -0.25) is 9.88 Å². The number of amides is 2. The zero-order valence-corrected chi connectivity index (χ0v) is 19.8. The molecule has 34 heavy (non-hydrogen) atoms. The van der Waals surface area contributed by atoms with E-state index < -0.39 is 0 Å². The maximum absolute atomic E-state index is 12.5. The smallest absolute Gasteiger partial charge is 0.321 e. The van der Waals surface area contributed by atoms with Crippen LogP contribution in [0.15, 0.2) is 73.1 Å². The SMILES string of the molecule is O=C(Nc1cccnc1)N1CC2(CCN(Cc3cccc(C#Cc4ccccc4Cl)c3)CC2)C1. The maximum Gasteiger partial charge on any atom is 0.321 e. The second-order valence-corrected chi connectivity index (χ2v) is 9.64. The molecule has 2 aliphatic heterocycles. The predicted octanol–water partition coefficient (Wildman–Crippen LogP) is 5.26. The van der Waals surface area contributed by atoms with Crippen LogP contribution in [0.5, 0.6) is 0 Å². The minimum Gasteiger partial charge on any atom is -0.323 e. The number of carbonyl (C=O) groups is 1. The molecule has 0 saturated carbocycles. The Labute approximate surface area is 205 Å². The van der Waals surface area contributed by atoms with Gasteiger partial charge < -0.3 is 10.2 Å². The molecule has 0 unspecified atom stereocenters. The third-order valence-electron chi connectivity index (χ3n) is 6.72. The van der Waals surface area contributed by atoms with E-state index in [1.807, 2.05) is 47.4 Å². The lowest BCUT2D eigenvalue weighted by Gasteiger charge is -2.53. The Morgan fingerprint density at radius 3 is 2.62 bits per heavy atom. The monoisotopic (exact) mass is 470 g/mol. The first kappa shape index (κ1) is 22.5. The lowest BCUT2D eigenvalue weighted by Crippen LogP contribution is -2.62. The highest BCUT2D eigenvalue weighted by atomic mass is 35.5. The molecule has 1 spiro atoms. The Bertz CT molecular complexity index is 1220. The number of aromatic nitrogens is 1. The number of piperidine rings is 1. The number of halogens is 1. The first-order chi connectivity index (χ1) is 16.6. The van der Waals surface area contributed by atoms with Gasteiger partial charge in [-0.2, -0.15) is 0 Å². The molecule has 0 aliphatic carbocycles. The number of pyridine rings is 1. The van der Waals surface area contributed by atoms with E-state index in [4.69, 9.17) is 11.6 Å². The van der Waals surface area contributed by atoms with Crippen molar-refractivity contribution in [2.75, 3.05) is 31.5 Å². The second kappa shape index (κ2) is 9.89. The Hall–Kier alpha value is -3.33. The van der Waals surface area contributed by atoms with Gasteiger partial charge in [-0.25, -0.2) is 4.79 Å². The van der Waals surface area contributed by atoms with E-state index in [0.29, 0.717) is 5.02 Å². The van der Waals surface area contributed by atoms with Crippen molar-refractivity contribution in [3.8, 4) is 11.8 Å². The summed E-state index contributed by atoms with van der Waals surface area (Å²) in [5.74, 6) is 6.42. The molecule has 5 nitrogen and oxygen atoms in total. The van der Waals surface area contributed by atoms with Crippen molar-refractivity contribution in [3.63, 3.8) is 0 Å². The summed E-state index contributed by atoms with van der Waals surface area (Å²) in [6.45, 7) is 4.68. The average Bonchev–Trinajstić information content (AvgIpc) is 2.83. The Balaban J connectivity index is 1.12. The van der Waals surface area contributed by atoms with Crippen LogP contribution in [0.4, 0.5) is 10.5 Å². The summed E-state index contributed by atoms with van der Waals surface area (Å²) < 4.78 is 0. The van der Waals surface area contributed by atoms with Gasteiger partial charge in [0.2, 0.25) is 0 Å². The molecule has 3 heterocycles. The summed E-state index contributed by atoms with van der Waals surface area (Å²) in [5.41, 5.74) is 4.13. The van der Waals surface area contributed by atoms with Crippen molar-refractivity contribution in [1.82, 2.24) is 14.8 Å². The maximum atomic E-state index is 12.5. The number of benzene rings is 2. The van der Waals surface area contributed by atoms with E-state index in [1.165, 1.54) is 5.56 Å². The third-order valence-corrected chi connectivity index (χ3v) is 7.05. The molecule has 3 aromatic rings. The van der Waals surface area contributed by atoms with Crippen molar-refractivity contribution in [1.29, 1.82) is 0 Å². The fourth-order valence-corrected chi connectivity index (χ4v) is 4.94. The average molecular weight is 471 g/mol. The number of nitrogens with one attached hydrogen (secondary N) is 1. The molecule has 2 amide bonds. The van der Waals surface area contributed by atoms with E-state index in [9.17, 15) is 4.79 Å². The summed E-state index contributed by atoms with van der Waals surface area (Å²) in [4.78, 5) is 20.9. The third kappa shape index (κ3) is 5.25.